The maximum Gasteiger partial charge on any atom is 0.273 e. The maximum atomic E-state index is 14.7. The SMILES string of the molecule is O=C1c2[nH]nc(-c3cc(Cl)ccc3O)c2C(c2ccccc2F)N1CCCO. The first kappa shape index (κ1) is 18.5. The predicted octanol–water partition coefficient (Wildman–Crippen LogP) is 3.50. The van der Waals surface area contributed by atoms with Crippen molar-refractivity contribution in [2.45, 2.75) is 12.5 Å². The molecule has 144 valence electrons. The third-order valence-electron chi connectivity index (χ3n) is 4.83. The van der Waals surface area contributed by atoms with Crippen LogP contribution in [0.15, 0.2) is 42.5 Å². The molecule has 1 atom stereocenters. The van der Waals surface area contributed by atoms with E-state index in [1.807, 2.05) is 0 Å². The summed E-state index contributed by atoms with van der Waals surface area (Å²) in [6.07, 6.45) is 0.353. The molecule has 1 amide bonds. The lowest BCUT2D eigenvalue weighted by Crippen LogP contribution is -2.31. The number of rotatable bonds is 5. The van der Waals surface area contributed by atoms with Crippen molar-refractivity contribution in [3.8, 4) is 17.0 Å². The second-order valence-corrected chi connectivity index (χ2v) is 6.96. The lowest BCUT2D eigenvalue weighted by Gasteiger charge is -2.26. The summed E-state index contributed by atoms with van der Waals surface area (Å²) in [6, 6.07) is 10.0. The highest BCUT2D eigenvalue weighted by Crippen LogP contribution is 2.45. The zero-order valence-corrected chi connectivity index (χ0v) is 15.4. The molecule has 0 radical (unpaired) electrons. The summed E-state index contributed by atoms with van der Waals surface area (Å²) >= 11 is 6.07. The van der Waals surface area contributed by atoms with Crippen molar-refractivity contribution >= 4 is 17.5 Å². The number of phenols is 1. The Morgan fingerprint density at radius 1 is 1.25 bits per heavy atom. The molecule has 1 aliphatic heterocycles. The Morgan fingerprint density at radius 2 is 2.04 bits per heavy atom. The number of phenolic OH excluding ortho intramolecular Hbond substituents is 1. The van der Waals surface area contributed by atoms with Gasteiger partial charge in [-0.15, -0.1) is 0 Å². The van der Waals surface area contributed by atoms with Crippen LogP contribution in [0.1, 0.15) is 34.1 Å². The number of carbonyl (C=O) groups is 1. The second-order valence-electron chi connectivity index (χ2n) is 6.52. The highest BCUT2D eigenvalue weighted by atomic mass is 35.5. The molecule has 0 bridgehead atoms. The van der Waals surface area contributed by atoms with Crippen LogP contribution in [0.2, 0.25) is 5.02 Å². The van der Waals surface area contributed by atoms with E-state index in [1.165, 1.54) is 17.0 Å². The fourth-order valence-electron chi connectivity index (χ4n) is 3.59. The molecular formula is C20H17ClFN3O3. The number of hydrogen-bond acceptors (Lipinski definition) is 4. The quantitative estimate of drug-likeness (QED) is 0.610. The van der Waals surface area contributed by atoms with Crippen molar-refractivity contribution in [2.24, 2.45) is 0 Å². The van der Waals surface area contributed by atoms with Gasteiger partial charge in [-0.3, -0.25) is 9.89 Å². The first-order chi connectivity index (χ1) is 13.5. The molecule has 8 heteroatoms. The number of H-pyrrole nitrogens is 1. The molecule has 0 saturated heterocycles. The molecule has 6 nitrogen and oxygen atoms in total. The van der Waals surface area contributed by atoms with E-state index >= 15 is 0 Å². The van der Waals surface area contributed by atoms with Gasteiger partial charge < -0.3 is 15.1 Å². The second kappa shape index (κ2) is 7.26. The molecule has 1 aromatic heterocycles. The van der Waals surface area contributed by atoms with Gasteiger partial charge in [0.1, 0.15) is 23.0 Å². The van der Waals surface area contributed by atoms with Crippen LogP contribution in [0.25, 0.3) is 11.3 Å². The monoisotopic (exact) mass is 401 g/mol. The molecule has 0 aliphatic carbocycles. The normalized spacial score (nSPS) is 15.9. The molecule has 2 aromatic carbocycles. The van der Waals surface area contributed by atoms with E-state index in [-0.39, 0.29) is 30.5 Å². The molecule has 3 N–H and O–H groups in total. The van der Waals surface area contributed by atoms with E-state index in [2.05, 4.69) is 10.2 Å². The summed E-state index contributed by atoms with van der Waals surface area (Å²) < 4.78 is 14.7. The fourth-order valence-corrected chi connectivity index (χ4v) is 3.76. The summed E-state index contributed by atoms with van der Waals surface area (Å²) in [4.78, 5) is 14.5. The van der Waals surface area contributed by atoms with Gasteiger partial charge in [0, 0.05) is 34.9 Å². The van der Waals surface area contributed by atoms with Gasteiger partial charge in [0.25, 0.3) is 5.91 Å². The van der Waals surface area contributed by atoms with Crippen LogP contribution >= 0.6 is 11.6 Å². The lowest BCUT2D eigenvalue weighted by atomic mass is 9.95. The Kier molecular flexibility index (Phi) is 4.78. The van der Waals surface area contributed by atoms with Crippen molar-refractivity contribution in [1.29, 1.82) is 0 Å². The Bertz CT molecular complexity index is 1050. The molecule has 0 saturated carbocycles. The fraction of sp³-hybridized carbons (Fsp3) is 0.200. The van der Waals surface area contributed by atoms with Crippen molar-refractivity contribution in [1.82, 2.24) is 15.1 Å². The summed E-state index contributed by atoms with van der Waals surface area (Å²) in [5.74, 6) is -0.839. The first-order valence-electron chi connectivity index (χ1n) is 8.76. The Morgan fingerprint density at radius 3 is 2.79 bits per heavy atom. The number of carbonyl (C=O) groups excluding carboxylic acids is 1. The zero-order valence-electron chi connectivity index (χ0n) is 14.7. The van der Waals surface area contributed by atoms with Crippen LogP contribution in [-0.2, 0) is 0 Å². The Balaban J connectivity index is 1.92. The van der Waals surface area contributed by atoms with E-state index in [4.69, 9.17) is 11.6 Å². The number of nitrogens with one attached hydrogen (secondary N) is 1. The van der Waals surface area contributed by atoms with Crippen molar-refractivity contribution in [3.63, 3.8) is 0 Å². The van der Waals surface area contributed by atoms with Gasteiger partial charge in [-0.25, -0.2) is 4.39 Å². The molecule has 1 unspecified atom stereocenters. The number of aliphatic hydroxyl groups is 1. The zero-order chi connectivity index (χ0) is 19.8. The van der Waals surface area contributed by atoms with E-state index in [0.717, 1.165) is 0 Å². The number of aromatic hydroxyl groups is 1. The van der Waals surface area contributed by atoms with Gasteiger partial charge in [0.15, 0.2) is 0 Å². The van der Waals surface area contributed by atoms with Crippen LogP contribution in [0.3, 0.4) is 0 Å². The summed E-state index contributed by atoms with van der Waals surface area (Å²) in [5, 5.41) is 26.9. The van der Waals surface area contributed by atoms with E-state index < -0.39 is 11.9 Å². The van der Waals surface area contributed by atoms with Gasteiger partial charge in [-0.05, 0) is 30.7 Å². The summed E-state index contributed by atoms with van der Waals surface area (Å²) in [5.41, 5.74) is 1.72. The van der Waals surface area contributed by atoms with Gasteiger partial charge in [0.05, 0.1) is 6.04 Å². The lowest BCUT2D eigenvalue weighted by molar-refractivity contribution is 0.0730. The number of hydrogen-bond donors (Lipinski definition) is 3. The van der Waals surface area contributed by atoms with E-state index in [0.29, 0.717) is 33.8 Å². The van der Waals surface area contributed by atoms with Gasteiger partial charge in [-0.1, -0.05) is 29.8 Å². The van der Waals surface area contributed by atoms with Crippen molar-refractivity contribution < 1.29 is 19.4 Å². The standard InChI is InChI=1S/C20H17ClFN3O3/c21-11-6-7-15(27)13(10-11)17-16-18(24-23-17)20(28)25(8-3-9-26)19(16)12-4-1-2-5-14(12)22/h1-2,4-7,10,19,26-27H,3,8-9H2,(H,23,24). The number of halogens is 2. The minimum absolute atomic E-state index is 0.0489. The molecule has 1 aliphatic rings. The molecule has 28 heavy (non-hydrogen) atoms. The third kappa shape index (κ3) is 2.93. The Hall–Kier alpha value is -2.90. The molecule has 4 rings (SSSR count). The largest absolute Gasteiger partial charge is 0.507 e. The van der Waals surface area contributed by atoms with Gasteiger partial charge >= 0.3 is 0 Å². The highest BCUT2D eigenvalue weighted by molar-refractivity contribution is 6.31. The minimum atomic E-state index is -0.734. The summed E-state index contributed by atoms with van der Waals surface area (Å²) in [7, 11) is 0. The van der Waals surface area contributed by atoms with Crippen LogP contribution in [0.4, 0.5) is 4.39 Å². The number of aromatic amines is 1. The minimum Gasteiger partial charge on any atom is -0.507 e. The van der Waals surface area contributed by atoms with Crippen LogP contribution in [-0.4, -0.2) is 44.4 Å². The number of aliphatic hydroxyl groups excluding tert-OH is 1. The Labute approximate surface area is 165 Å². The van der Waals surface area contributed by atoms with Gasteiger partial charge in [-0.2, -0.15) is 5.10 Å². The third-order valence-corrected chi connectivity index (χ3v) is 5.07. The topological polar surface area (TPSA) is 89.5 Å². The number of aromatic nitrogens is 2. The number of nitrogens with zero attached hydrogens (tertiary/aromatic N) is 2. The maximum absolute atomic E-state index is 14.7. The number of benzene rings is 2. The number of fused-ring (bicyclic) bond motifs is 1. The van der Waals surface area contributed by atoms with Crippen molar-refractivity contribution in [2.75, 3.05) is 13.2 Å². The van der Waals surface area contributed by atoms with Crippen molar-refractivity contribution in [3.05, 3.63) is 70.1 Å². The number of amides is 1. The van der Waals surface area contributed by atoms with E-state index in [9.17, 15) is 19.4 Å². The average Bonchev–Trinajstić information content (AvgIpc) is 3.22. The van der Waals surface area contributed by atoms with Crippen LogP contribution in [0, 0.1) is 5.82 Å². The molecule has 2 heterocycles. The smallest absolute Gasteiger partial charge is 0.273 e. The summed E-state index contributed by atoms with van der Waals surface area (Å²) in [6.45, 7) is 0.152. The average molecular weight is 402 g/mol. The molecule has 0 spiro atoms. The molecule has 0 fully saturated rings. The van der Waals surface area contributed by atoms with Crippen LogP contribution in [0.5, 0.6) is 5.75 Å². The molecular weight excluding hydrogens is 385 g/mol. The van der Waals surface area contributed by atoms with Crippen LogP contribution < -0.4 is 0 Å². The first-order valence-corrected chi connectivity index (χ1v) is 9.14. The predicted molar refractivity (Wildman–Crippen MR) is 102 cm³/mol. The molecule has 3 aromatic rings. The van der Waals surface area contributed by atoms with E-state index in [1.54, 1.807) is 30.3 Å². The van der Waals surface area contributed by atoms with Gasteiger partial charge in [0.2, 0.25) is 0 Å². The highest BCUT2D eigenvalue weighted by Gasteiger charge is 2.43.